The Morgan fingerprint density at radius 3 is 2.50 bits per heavy atom. The number of nitrogens with zero attached hydrogens (tertiary/aromatic N) is 2. The van der Waals surface area contributed by atoms with Crippen LogP contribution in [0.15, 0.2) is 23.2 Å². The van der Waals surface area contributed by atoms with E-state index in [0.717, 1.165) is 30.3 Å². The number of hydrogen-bond acceptors (Lipinski definition) is 4. The first-order valence-electron chi connectivity index (χ1n) is 6.55. The van der Waals surface area contributed by atoms with E-state index in [0.29, 0.717) is 12.1 Å². The molecule has 3 nitrogen and oxygen atoms in total. The molecule has 0 radical (unpaired) electrons. The van der Waals surface area contributed by atoms with Gasteiger partial charge in [-0.15, -0.1) is 11.8 Å². The van der Waals surface area contributed by atoms with Crippen molar-refractivity contribution in [1.29, 1.82) is 0 Å². The minimum Gasteiger partial charge on any atom is -0.303 e. The van der Waals surface area contributed by atoms with Crippen molar-refractivity contribution < 1.29 is 4.79 Å². The third kappa shape index (κ3) is 4.78. The highest BCUT2D eigenvalue weighted by Gasteiger charge is 2.05. The predicted molar refractivity (Wildman–Crippen MR) is 77.4 cm³/mol. The summed E-state index contributed by atoms with van der Waals surface area (Å²) >= 11 is 1.79. The number of rotatable bonds is 8. The van der Waals surface area contributed by atoms with E-state index in [-0.39, 0.29) is 5.78 Å². The van der Waals surface area contributed by atoms with Gasteiger partial charge in [-0.2, -0.15) is 0 Å². The molecular weight excluding hydrogens is 244 g/mol. The first-order chi connectivity index (χ1) is 8.71. The minimum atomic E-state index is 0.106. The number of Topliss-reactive ketones (excluding diaryl/α,β-unsaturated/α-hetero) is 1. The lowest BCUT2D eigenvalue weighted by Crippen LogP contribution is -2.25. The van der Waals surface area contributed by atoms with E-state index in [2.05, 4.69) is 23.7 Å². The van der Waals surface area contributed by atoms with Crippen molar-refractivity contribution in [3.63, 3.8) is 0 Å². The van der Waals surface area contributed by atoms with Gasteiger partial charge in [-0.3, -0.25) is 9.78 Å². The van der Waals surface area contributed by atoms with E-state index in [1.54, 1.807) is 18.0 Å². The molecule has 0 amide bonds. The van der Waals surface area contributed by atoms with Crippen LogP contribution in [0.4, 0.5) is 0 Å². The van der Waals surface area contributed by atoms with Gasteiger partial charge < -0.3 is 4.90 Å². The fourth-order valence-electron chi connectivity index (χ4n) is 1.64. The van der Waals surface area contributed by atoms with Gasteiger partial charge in [0.25, 0.3) is 0 Å². The molecule has 0 fully saturated rings. The van der Waals surface area contributed by atoms with Gasteiger partial charge in [-0.05, 0) is 25.2 Å². The maximum Gasteiger partial charge on any atom is 0.180 e. The van der Waals surface area contributed by atoms with Crippen LogP contribution in [-0.2, 0) is 0 Å². The van der Waals surface area contributed by atoms with Gasteiger partial charge in [0.2, 0.25) is 0 Å². The summed E-state index contributed by atoms with van der Waals surface area (Å²) in [5, 5.41) is 0. The van der Waals surface area contributed by atoms with Crippen LogP contribution < -0.4 is 0 Å². The SMILES string of the molecule is CCC(=O)c1ccc(SCCN(CC)CC)cn1. The number of carbonyl (C=O) groups is 1. The molecule has 18 heavy (non-hydrogen) atoms. The molecule has 1 aromatic heterocycles. The Morgan fingerprint density at radius 1 is 1.28 bits per heavy atom. The van der Waals surface area contributed by atoms with Crippen LogP contribution >= 0.6 is 11.8 Å². The third-order valence-electron chi connectivity index (χ3n) is 2.91. The van der Waals surface area contributed by atoms with Gasteiger partial charge in [-0.25, -0.2) is 0 Å². The molecule has 1 heterocycles. The normalized spacial score (nSPS) is 10.9. The molecule has 4 heteroatoms. The summed E-state index contributed by atoms with van der Waals surface area (Å²) in [5.74, 6) is 1.17. The molecule has 1 aromatic rings. The lowest BCUT2D eigenvalue weighted by molar-refractivity contribution is 0.0983. The summed E-state index contributed by atoms with van der Waals surface area (Å²) in [7, 11) is 0. The smallest absolute Gasteiger partial charge is 0.180 e. The average molecular weight is 266 g/mol. The van der Waals surface area contributed by atoms with Crippen molar-refractivity contribution in [2.75, 3.05) is 25.4 Å². The zero-order chi connectivity index (χ0) is 13.4. The highest BCUT2D eigenvalue weighted by molar-refractivity contribution is 7.99. The van der Waals surface area contributed by atoms with Crippen molar-refractivity contribution in [1.82, 2.24) is 9.88 Å². The Morgan fingerprint density at radius 2 is 2.00 bits per heavy atom. The standard InChI is InChI=1S/C14H22N2OS/c1-4-14(17)13-8-7-12(11-15-13)18-10-9-16(5-2)6-3/h7-8,11H,4-6,9-10H2,1-3H3. The average Bonchev–Trinajstić information content (AvgIpc) is 2.43. The second kappa shape index (κ2) is 8.27. The van der Waals surface area contributed by atoms with E-state index in [4.69, 9.17) is 0 Å². The topological polar surface area (TPSA) is 33.2 Å². The molecule has 0 N–H and O–H groups in total. The predicted octanol–water partition coefficient (Wildman–Crippen LogP) is 3.11. The number of aromatic nitrogens is 1. The van der Waals surface area contributed by atoms with E-state index in [1.165, 1.54) is 0 Å². The van der Waals surface area contributed by atoms with Gasteiger partial charge >= 0.3 is 0 Å². The third-order valence-corrected chi connectivity index (χ3v) is 3.88. The lowest BCUT2D eigenvalue weighted by atomic mass is 10.2. The van der Waals surface area contributed by atoms with Gasteiger partial charge in [0.1, 0.15) is 5.69 Å². The molecular formula is C14H22N2OS. The quantitative estimate of drug-likeness (QED) is 0.535. The zero-order valence-electron chi connectivity index (χ0n) is 11.5. The molecule has 0 aliphatic rings. The molecule has 0 aromatic carbocycles. The van der Waals surface area contributed by atoms with E-state index in [1.807, 2.05) is 19.1 Å². The van der Waals surface area contributed by atoms with Crippen LogP contribution in [0, 0.1) is 0 Å². The summed E-state index contributed by atoms with van der Waals surface area (Å²) in [6.07, 6.45) is 2.32. The monoisotopic (exact) mass is 266 g/mol. The second-order valence-electron chi connectivity index (χ2n) is 4.03. The molecule has 0 aliphatic heterocycles. The van der Waals surface area contributed by atoms with Crippen molar-refractivity contribution in [3.05, 3.63) is 24.0 Å². The largest absolute Gasteiger partial charge is 0.303 e. The molecule has 0 atom stereocenters. The van der Waals surface area contributed by atoms with Crippen molar-refractivity contribution >= 4 is 17.5 Å². The first kappa shape index (κ1) is 15.2. The second-order valence-corrected chi connectivity index (χ2v) is 5.20. The lowest BCUT2D eigenvalue weighted by Gasteiger charge is -2.17. The Hall–Kier alpha value is -0.870. The van der Waals surface area contributed by atoms with Crippen molar-refractivity contribution in [2.24, 2.45) is 0 Å². The van der Waals surface area contributed by atoms with E-state index in [9.17, 15) is 4.79 Å². The summed E-state index contributed by atoms with van der Waals surface area (Å²) in [5.41, 5.74) is 0.575. The molecule has 100 valence electrons. The highest BCUT2D eigenvalue weighted by Crippen LogP contribution is 2.17. The number of ketones is 1. The Bertz CT molecular complexity index is 361. The fourth-order valence-corrected chi connectivity index (χ4v) is 2.52. The minimum absolute atomic E-state index is 0.106. The fraction of sp³-hybridized carbons (Fsp3) is 0.571. The Balaban J connectivity index is 2.42. The summed E-state index contributed by atoms with van der Waals surface area (Å²) < 4.78 is 0. The van der Waals surface area contributed by atoms with E-state index < -0.39 is 0 Å². The van der Waals surface area contributed by atoms with Crippen LogP contribution in [0.2, 0.25) is 0 Å². The molecule has 0 spiro atoms. The van der Waals surface area contributed by atoms with Crippen LogP contribution in [0.1, 0.15) is 37.7 Å². The van der Waals surface area contributed by atoms with Gasteiger partial charge in [-0.1, -0.05) is 20.8 Å². The maximum atomic E-state index is 11.4. The molecule has 0 bridgehead atoms. The molecule has 0 saturated heterocycles. The highest BCUT2D eigenvalue weighted by atomic mass is 32.2. The number of carbonyl (C=O) groups excluding carboxylic acids is 1. The van der Waals surface area contributed by atoms with Crippen LogP contribution in [-0.4, -0.2) is 41.1 Å². The first-order valence-corrected chi connectivity index (χ1v) is 7.54. The molecule has 0 aliphatic carbocycles. The van der Waals surface area contributed by atoms with Crippen LogP contribution in [0.3, 0.4) is 0 Å². The van der Waals surface area contributed by atoms with Crippen LogP contribution in [0.5, 0.6) is 0 Å². The van der Waals surface area contributed by atoms with Crippen LogP contribution in [0.25, 0.3) is 0 Å². The van der Waals surface area contributed by atoms with Crippen molar-refractivity contribution in [2.45, 2.75) is 32.1 Å². The maximum absolute atomic E-state index is 11.4. The number of hydrogen-bond donors (Lipinski definition) is 0. The van der Waals surface area contributed by atoms with Gasteiger partial charge in [0.15, 0.2) is 5.78 Å². The summed E-state index contributed by atoms with van der Waals surface area (Å²) in [4.78, 5) is 19.2. The van der Waals surface area contributed by atoms with Gasteiger partial charge in [0, 0.05) is 29.8 Å². The molecule has 0 unspecified atom stereocenters. The summed E-state index contributed by atoms with van der Waals surface area (Å²) in [6, 6.07) is 3.81. The Labute approximate surface area is 114 Å². The van der Waals surface area contributed by atoms with E-state index >= 15 is 0 Å². The molecule has 1 rings (SSSR count). The zero-order valence-corrected chi connectivity index (χ0v) is 12.3. The molecule has 0 saturated carbocycles. The Kier molecular flexibility index (Phi) is 6.98. The van der Waals surface area contributed by atoms with Gasteiger partial charge in [0.05, 0.1) is 0 Å². The number of pyridine rings is 1. The summed E-state index contributed by atoms with van der Waals surface area (Å²) in [6.45, 7) is 9.50. The van der Waals surface area contributed by atoms with Crippen molar-refractivity contribution in [3.8, 4) is 0 Å². The number of thioether (sulfide) groups is 1.